The van der Waals surface area contributed by atoms with Gasteiger partial charge in [0.15, 0.2) is 0 Å². The number of rotatable bonds is 8. The number of anilines is 1. The highest BCUT2D eigenvalue weighted by Crippen LogP contribution is 2.31. The second-order valence-corrected chi connectivity index (χ2v) is 8.51. The molecular weight excluding hydrogens is 406 g/mol. The van der Waals surface area contributed by atoms with E-state index in [-0.39, 0.29) is 18.4 Å². The number of hydrogen-bond acceptors (Lipinski definition) is 5. The number of carbonyl (C=O) groups excluding carboxylic acids is 2. The van der Waals surface area contributed by atoms with Gasteiger partial charge in [-0.1, -0.05) is 30.3 Å². The van der Waals surface area contributed by atoms with Crippen molar-refractivity contribution in [1.29, 1.82) is 0 Å². The molecule has 1 aliphatic carbocycles. The van der Waals surface area contributed by atoms with Gasteiger partial charge in [-0.15, -0.1) is 0 Å². The van der Waals surface area contributed by atoms with Crippen LogP contribution in [0.15, 0.2) is 48.5 Å². The van der Waals surface area contributed by atoms with Gasteiger partial charge in [0.05, 0.1) is 20.1 Å². The number of hydrogen-bond donors (Lipinski definition) is 1. The zero-order valence-corrected chi connectivity index (χ0v) is 18.6. The molecule has 0 spiro atoms. The molecule has 1 saturated carbocycles. The Bertz CT molecular complexity index is 922. The quantitative estimate of drug-likeness (QED) is 0.640. The van der Waals surface area contributed by atoms with Crippen molar-refractivity contribution in [2.45, 2.75) is 25.8 Å². The molecule has 1 N–H and O–H groups in total. The minimum Gasteiger partial charge on any atom is -0.493 e. The maximum absolute atomic E-state index is 12.5. The largest absolute Gasteiger partial charge is 0.493 e. The van der Waals surface area contributed by atoms with E-state index in [0.717, 1.165) is 48.8 Å². The van der Waals surface area contributed by atoms with Crippen LogP contribution in [0.25, 0.3) is 0 Å². The van der Waals surface area contributed by atoms with Gasteiger partial charge in [0.1, 0.15) is 5.75 Å². The van der Waals surface area contributed by atoms with E-state index in [1.54, 1.807) is 0 Å². The number of esters is 1. The first kappa shape index (κ1) is 22.1. The van der Waals surface area contributed by atoms with Gasteiger partial charge in [-0.25, -0.2) is 4.79 Å². The number of urea groups is 1. The molecule has 2 fully saturated rings. The molecule has 7 nitrogen and oxygen atoms in total. The number of para-hydroxylation sites is 1. The summed E-state index contributed by atoms with van der Waals surface area (Å²) in [6.07, 6.45) is 2.73. The average molecular weight is 438 g/mol. The first-order valence-corrected chi connectivity index (χ1v) is 11.3. The number of benzene rings is 2. The Morgan fingerprint density at radius 2 is 1.78 bits per heavy atom. The van der Waals surface area contributed by atoms with Crippen molar-refractivity contribution < 1.29 is 19.1 Å². The lowest BCUT2D eigenvalue weighted by Gasteiger charge is -2.35. The van der Waals surface area contributed by atoms with Gasteiger partial charge in [0, 0.05) is 44.0 Å². The van der Waals surface area contributed by atoms with Crippen molar-refractivity contribution >= 4 is 17.7 Å². The van der Waals surface area contributed by atoms with E-state index in [4.69, 9.17) is 9.47 Å². The van der Waals surface area contributed by atoms with E-state index < -0.39 is 0 Å². The number of methoxy groups -OCH3 is 1. The van der Waals surface area contributed by atoms with Crippen molar-refractivity contribution in [3.05, 3.63) is 59.7 Å². The summed E-state index contributed by atoms with van der Waals surface area (Å²) in [5.41, 5.74) is 2.81. The molecule has 0 bridgehead atoms. The van der Waals surface area contributed by atoms with E-state index in [2.05, 4.69) is 10.2 Å². The van der Waals surface area contributed by atoms with Crippen LogP contribution in [0.4, 0.5) is 10.5 Å². The van der Waals surface area contributed by atoms with Crippen molar-refractivity contribution in [1.82, 2.24) is 9.80 Å². The predicted octanol–water partition coefficient (Wildman–Crippen LogP) is 3.54. The summed E-state index contributed by atoms with van der Waals surface area (Å²) in [6, 6.07) is 15.4. The van der Waals surface area contributed by atoms with Gasteiger partial charge < -0.3 is 19.7 Å². The van der Waals surface area contributed by atoms with E-state index >= 15 is 0 Å². The molecule has 2 aliphatic rings. The highest BCUT2D eigenvalue weighted by molar-refractivity contribution is 5.89. The lowest BCUT2D eigenvalue weighted by molar-refractivity contribution is -0.139. The first-order chi connectivity index (χ1) is 15.6. The number of nitrogens with zero attached hydrogens (tertiary/aromatic N) is 2. The minimum atomic E-state index is -0.249. The maximum Gasteiger partial charge on any atom is 0.321 e. The van der Waals surface area contributed by atoms with Gasteiger partial charge in [0.2, 0.25) is 0 Å². The number of amides is 2. The third kappa shape index (κ3) is 6.23. The summed E-state index contributed by atoms with van der Waals surface area (Å²) in [5, 5.41) is 2.95. The van der Waals surface area contributed by atoms with E-state index in [0.29, 0.717) is 19.0 Å². The highest BCUT2D eigenvalue weighted by atomic mass is 16.5. The van der Waals surface area contributed by atoms with Crippen LogP contribution in [0.2, 0.25) is 0 Å². The molecule has 2 aromatic carbocycles. The molecule has 1 saturated heterocycles. The molecule has 32 heavy (non-hydrogen) atoms. The second kappa shape index (κ2) is 10.5. The normalized spacial score (nSPS) is 16.5. The Labute approximate surface area is 189 Å². The van der Waals surface area contributed by atoms with Gasteiger partial charge in [-0.2, -0.15) is 0 Å². The predicted molar refractivity (Wildman–Crippen MR) is 123 cm³/mol. The molecule has 2 aromatic rings. The monoisotopic (exact) mass is 437 g/mol. The Hall–Kier alpha value is -3.06. The topological polar surface area (TPSA) is 71.1 Å². The van der Waals surface area contributed by atoms with Gasteiger partial charge in [-0.3, -0.25) is 9.69 Å². The van der Waals surface area contributed by atoms with Crippen molar-refractivity contribution in [3.8, 4) is 5.75 Å². The van der Waals surface area contributed by atoms with Crippen LogP contribution in [0.5, 0.6) is 5.75 Å². The van der Waals surface area contributed by atoms with Gasteiger partial charge >= 0.3 is 12.0 Å². The molecule has 170 valence electrons. The molecule has 0 aromatic heterocycles. The summed E-state index contributed by atoms with van der Waals surface area (Å²) in [4.78, 5) is 28.4. The average Bonchev–Trinajstić information content (AvgIpc) is 3.64. The van der Waals surface area contributed by atoms with Crippen LogP contribution in [0.3, 0.4) is 0 Å². The molecule has 1 aliphatic heterocycles. The number of ether oxygens (including phenoxy) is 2. The van der Waals surface area contributed by atoms with Gasteiger partial charge in [-0.05, 0) is 42.5 Å². The molecule has 0 unspecified atom stereocenters. The van der Waals surface area contributed by atoms with Crippen molar-refractivity contribution in [3.63, 3.8) is 0 Å². The Kier molecular flexibility index (Phi) is 7.27. The molecule has 1 heterocycles. The summed E-state index contributed by atoms with van der Waals surface area (Å²) in [7, 11) is 1.41. The standard InChI is InChI=1S/C25H31N3O4/c1-31-24(29)16-20-9-10-23(32-18-19-7-8-19)21(15-20)17-27-11-13-28(14-12-27)25(30)26-22-5-3-2-4-6-22/h2-6,9-10,15,19H,7-8,11-14,16-18H2,1H3,(H,26,30). The fourth-order valence-electron chi connectivity index (χ4n) is 3.81. The third-order valence-corrected chi connectivity index (χ3v) is 5.95. The Morgan fingerprint density at radius 1 is 1.03 bits per heavy atom. The molecule has 4 rings (SSSR count). The number of nitrogens with one attached hydrogen (secondary N) is 1. The van der Waals surface area contributed by atoms with Crippen LogP contribution in [-0.2, 0) is 22.5 Å². The fourth-order valence-corrected chi connectivity index (χ4v) is 3.81. The zero-order chi connectivity index (χ0) is 22.3. The molecule has 0 atom stereocenters. The molecule has 2 amide bonds. The first-order valence-electron chi connectivity index (χ1n) is 11.3. The highest BCUT2D eigenvalue weighted by Gasteiger charge is 2.24. The zero-order valence-electron chi connectivity index (χ0n) is 18.6. The second-order valence-electron chi connectivity index (χ2n) is 8.51. The Morgan fingerprint density at radius 3 is 2.47 bits per heavy atom. The van der Waals surface area contributed by atoms with Crippen molar-refractivity contribution in [2.75, 3.05) is 45.2 Å². The van der Waals surface area contributed by atoms with Crippen molar-refractivity contribution in [2.24, 2.45) is 5.92 Å². The Balaban J connectivity index is 1.35. The summed E-state index contributed by atoms with van der Waals surface area (Å²) in [5.74, 6) is 1.31. The number of piperazine rings is 1. The molecular formula is C25H31N3O4. The van der Waals surface area contributed by atoms with Gasteiger partial charge in [0.25, 0.3) is 0 Å². The van der Waals surface area contributed by atoms with Crippen LogP contribution in [0.1, 0.15) is 24.0 Å². The molecule has 7 heteroatoms. The summed E-state index contributed by atoms with van der Waals surface area (Å²) in [6.45, 7) is 4.37. The fraction of sp³-hybridized carbons (Fsp3) is 0.440. The molecule has 0 radical (unpaired) electrons. The van der Waals surface area contributed by atoms with Crippen LogP contribution in [-0.4, -0.2) is 61.7 Å². The minimum absolute atomic E-state index is 0.0654. The smallest absolute Gasteiger partial charge is 0.321 e. The van der Waals surface area contributed by atoms with Crippen LogP contribution < -0.4 is 10.1 Å². The lowest BCUT2D eigenvalue weighted by atomic mass is 10.1. The third-order valence-electron chi connectivity index (χ3n) is 5.95. The lowest BCUT2D eigenvalue weighted by Crippen LogP contribution is -2.49. The summed E-state index contributed by atoms with van der Waals surface area (Å²) < 4.78 is 10.9. The van der Waals surface area contributed by atoms with Crippen LogP contribution >= 0.6 is 0 Å². The summed E-state index contributed by atoms with van der Waals surface area (Å²) >= 11 is 0. The number of carbonyl (C=O) groups is 2. The van der Waals surface area contributed by atoms with E-state index in [1.807, 2.05) is 53.4 Å². The SMILES string of the molecule is COC(=O)Cc1ccc(OCC2CC2)c(CN2CCN(C(=O)Nc3ccccc3)CC2)c1. The van der Waals surface area contributed by atoms with E-state index in [1.165, 1.54) is 20.0 Å². The van der Waals surface area contributed by atoms with Crippen LogP contribution in [0, 0.1) is 5.92 Å². The maximum atomic E-state index is 12.5. The van der Waals surface area contributed by atoms with E-state index in [9.17, 15) is 9.59 Å².